The van der Waals surface area contributed by atoms with Gasteiger partial charge in [0.2, 0.25) is 0 Å². The molecule has 0 unspecified atom stereocenters. The zero-order valence-corrected chi connectivity index (χ0v) is 28.2. The fourth-order valence-electron chi connectivity index (χ4n) is 6.76. The Labute approximate surface area is 301 Å². The van der Waals surface area contributed by atoms with Crippen molar-refractivity contribution < 1.29 is 29.0 Å². The second kappa shape index (κ2) is 13.5. The summed E-state index contributed by atoms with van der Waals surface area (Å²) in [5.74, 6) is -1.78. The van der Waals surface area contributed by atoms with Crippen molar-refractivity contribution in [1.29, 1.82) is 0 Å². The number of rotatable bonds is 9. The van der Waals surface area contributed by atoms with E-state index in [4.69, 9.17) is 9.15 Å². The van der Waals surface area contributed by atoms with Gasteiger partial charge >= 0.3 is 11.9 Å². The lowest BCUT2D eigenvalue weighted by Crippen LogP contribution is -2.15. The van der Waals surface area contributed by atoms with Gasteiger partial charge in [-0.05, 0) is 72.3 Å². The number of aromatic nitrogens is 2. The van der Waals surface area contributed by atoms with Crippen LogP contribution in [0.3, 0.4) is 0 Å². The first-order chi connectivity index (χ1) is 25.8. The molecule has 0 fully saturated rings. The fraction of sp³-hybridized carbons (Fsp3) is 0.0714. The van der Waals surface area contributed by atoms with Crippen LogP contribution in [0, 0.1) is 0 Å². The second-order valence-electron chi connectivity index (χ2n) is 12.4. The van der Waals surface area contributed by atoms with Crippen molar-refractivity contribution in [1.82, 2.24) is 9.97 Å². The fourth-order valence-corrected chi connectivity index (χ4v) is 6.76. The second-order valence-corrected chi connectivity index (χ2v) is 12.4. The number of aromatic hydroxyl groups is 1. The molecule has 8 rings (SSSR count). The number of esters is 1. The quantitative estimate of drug-likeness (QED) is 0.0849. The molecule has 0 spiro atoms. The summed E-state index contributed by atoms with van der Waals surface area (Å²) in [6, 6.07) is 29.3. The Kier molecular flexibility index (Phi) is 8.35. The monoisotopic (exact) mass is 702 g/mol. The Balaban J connectivity index is 1.37. The molecule has 3 heterocycles. The van der Waals surface area contributed by atoms with E-state index in [1.165, 1.54) is 37.4 Å². The van der Waals surface area contributed by atoms with Crippen LogP contribution in [0.5, 0.6) is 5.75 Å². The first kappa shape index (κ1) is 32.9. The minimum atomic E-state index is -1.20. The number of fused-ring (bicyclic) bond motifs is 4. The standard InChI is InChI=1S/C42H30N4O7/c1-52-42(51)26-13-12-25(41(49)50)20-29(26)36-27-14-16-34(47)30(21-45-32-10-2-6-23-8-4-18-43-37(23)32)39(27)53-40-28(36)15-17-35(48)31(40)22-46-33-11-3-7-24-9-5-19-44-38(24)33/h2-20,45-47H,21-22H2,1H3,(H,49,50). The topological polar surface area (TPSA) is 164 Å². The lowest BCUT2D eigenvalue weighted by atomic mass is 9.87. The van der Waals surface area contributed by atoms with E-state index in [-0.39, 0.29) is 57.9 Å². The zero-order valence-electron chi connectivity index (χ0n) is 28.2. The van der Waals surface area contributed by atoms with Crippen LogP contribution in [-0.4, -0.2) is 39.2 Å². The molecule has 0 bridgehead atoms. The summed E-state index contributed by atoms with van der Waals surface area (Å²) < 4.78 is 11.8. The van der Waals surface area contributed by atoms with Crippen molar-refractivity contribution in [2.45, 2.75) is 13.1 Å². The van der Waals surface area contributed by atoms with Crippen LogP contribution < -0.4 is 16.1 Å². The van der Waals surface area contributed by atoms with E-state index in [0.29, 0.717) is 27.8 Å². The van der Waals surface area contributed by atoms with Gasteiger partial charge in [0.1, 0.15) is 17.1 Å². The Hall–Kier alpha value is -7.27. The predicted molar refractivity (Wildman–Crippen MR) is 203 cm³/mol. The first-order valence-electron chi connectivity index (χ1n) is 16.7. The molecule has 4 N–H and O–H groups in total. The minimum Gasteiger partial charge on any atom is -0.507 e. The number of hydrogen-bond donors (Lipinski definition) is 4. The molecule has 0 atom stereocenters. The summed E-state index contributed by atoms with van der Waals surface area (Å²) in [6.07, 6.45) is 3.39. The van der Waals surface area contributed by atoms with Crippen LogP contribution in [0.25, 0.3) is 55.2 Å². The molecule has 11 nitrogen and oxygen atoms in total. The smallest absolute Gasteiger partial charge is 0.338 e. The summed E-state index contributed by atoms with van der Waals surface area (Å²) in [5.41, 5.74) is 4.58. The number of carbonyl (C=O) groups excluding carboxylic acids is 1. The van der Waals surface area contributed by atoms with Gasteiger partial charge in [0.05, 0.1) is 51.8 Å². The number of nitrogens with zero attached hydrogens (tertiary/aromatic N) is 2. The molecule has 0 radical (unpaired) electrons. The van der Waals surface area contributed by atoms with Crippen molar-refractivity contribution in [2.75, 3.05) is 17.7 Å². The SMILES string of the molecule is COC(=O)c1ccc(C(=O)O)cc1-c1c2ccc(=O)c(CNc3cccc4cccnc34)c-2oc2c(CNc3cccc4cccnc34)c(O)ccc12. The van der Waals surface area contributed by atoms with E-state index in [0.717, 1.165) is 27.5 Å². The number of carboxylic acid groups (broad SMARTS) is 1. The average molecular weight is 703 g/mol. The number of phenols is 1. The molecule has 2 aliphatic rings. The lowest BCUT2D eigenvalue weighted by molar-refractivity contribution is 0.0599. The van der Waals surface area contributed by atoms with Crippen LogP contribution in [-0.2, 0) is 17.8 Å². The summed E-state index contributed by atoms with van der Waals surface area (Å²) in [6.45, 7) is 0.117. The normalized spacial score (nSPS) is 11.3. The van der Waals surface area contributed by atoms with Gasteiger partial charge in [-0.25, -0.2) is 9.59 Å². The van der Waals surface area contributed by atoms with Gasteiger partial charge in [0.15, 0.2) is 5.43 Å². The highest BCUT2D eigenvalue weighted by molar-refractivity contribution is 6.10. The Morgan fingerprint density at radius 3 is 2.04 bits per heavy atom. The molecule has 11 heteroatoms. The third-order valence-corrected chi connectivity index (χ3v) is 9.31. The van der Waals surface area contributed by atoms with Crippen LogP contribution in [0.1, 0.15) is 31.8 Å². The summed E-state index contributed by atoms with van der Waals surface area (Å²) in [5, 5.41) is 30.4. The van der Waals surface area contributed by atoms with Crippen molar-refractivity contribution >= 4 is 56.1 Å². The van der Waals surface area contributed by atoms with Gasteiger partial charge in [-0.1, -0.05) is 36.4 Å². The molecule has 1 aliphatic carbocycles. The number of pyridine rings is 2. The number of carboxylic acids is 1. The maximum Gasteiger partial charge on any atom is 0.338 e. The number of phenolic OH excluding ortho intramolecular Hbond substituents is 1. The van der Waals surface area contributed by atoms with Crippen LogP contribution in [0.4, 0.5) is 11.4 Å². The van der Waals surface area contributed by atoms with Gasteiger partial charge in [-0.15, -0.1) is 0 Å². The van der Waals surface area contributed by atoms with Crippen LogP contribution in [0.15, 0.2) is 125 Å². The summed E-state index contributed by atoms with van der Waals surface area (Å²) >= 11 is 0. The average Bonchev–Trinajstić information content (AvgIpc) is 3.18. The maximum atomic E-state index is 13.7. The molecule has 53 heavy (non-hydrogen) atoms. The number of benzene rings is 5. The number of aromatic carboxylic acids is 1. The molecular weight excluding hydrogens is 672 g/mol. The molecule has 2 aromatic heterocycles. The van der Waals surface area contributed by atoms with Crippen molar-refractivity contribution in [3.05, 3.63) is 148 Å². The van der Waals surface area contributed by atoms with Gasteiger partial charge < -0.3 is 30.0 Å². The van der Waals surface area contributed by atoms with E-state index < -0.39 is 11.9 Å². The summed E-state index contributed by atoms with van der Waals surface area (Å²) in [7, 11) is 1.24. The number of para-hydroxylation sites is 2. The largest absolute Gasteiger partial charge is 0.507 e. The molecule has 0 saturated heterocycles. The number of nitrogens with one attached hydrogen (secondary N) is 2. The molecule has 1 aliphatic heterocycles. The van der Waals surface area contributed by atoms with E-state index in [1.807, 2.05) is 60.7 Å². The minimum absolute atomic E-state index is 0.0351. The third-order valence-electron chi connectivity index (χ3n) is 9.31. The number of carbonyl (C=O) groups is 2. The Morgan fingerprint density at radius 1 is 0.755 bits per heavy atom. The first-order valence-corrected chi connectivity index (χ1v) is 16.7. The Morgan fingerprint density at radius 2 is 1.40 bits per heavy atom. The van der Waals surface area contributed by atoms with E-state index in [2.05, 4.69) is 20.6 Å². The van der Waals surface area contributed by atoms with E-state index in [1.54, 1.807) is 24.5 Å². The Bertz CT molecular complexity index is 2770. The number of ether oxygens (including phenoxy) is 1. The highest BCUT2D eigenvalue weighted by atomic mass is 16.5. The predicted octanol–water partition coefficient (Wildman–Crippen LogP) is 8.08. The van der Waals surface area contributed by atoms with Gasteiger partial charge in [-0.2, -0.15) is 0 Å². The molecule has 4 aromatic carbocycles. The molecule has 260 valence electrons. The molecule has 0 saturated carbocycles. The number of anilines is 2. The maximum absolute atomic E-state index is 13.7. The van der Waals surface area contributed by atoms with Crippen LogP contribution >= 0.6 is 0 Å². The number of methoxy groups -OCH3 is 1. The lowest BCUT2D eigenvalue weighted by Gasteiger charge is -2.21. The summed E-state index contributed by atoms with van der Waals surface area (Å²) in [4.78, 5) is 48.2. The molecule has 0 amide bonds. The molecular formula is C42H30N4O7. The highest BCUT2D eigenvalue weighted by Crippen LogP contribution is 2.45. The van der Waals surface area contributed by atoms with Gasteiger partial charge in [0.25, 0.3) is 0 Å². The van der Waals surface area contributed by atoms with Gasteiger partial charge in [-0.3, -0.25) is 14.8 Å². The third kappa shape index (κ3) is 5.89. The van der Waals surface area contributed by atoms with Crippen LogP contribution in [0.2, 0.25) is 0 Å². The van der Waals surface area contributed by atoms with Crippen molar-refractivity contribution in [3.63, 3.8) is 0 Å². The molecule has 6 aromatic rings. The van der Waals surface area contributed by atoms with E-state index in [9.17, 15) is 24.6 Å². The van der Waals surface area contributed by atoms with Gasteiger partial charge in [0, 0.05) is 52.8 Å². The highest BCUT2D eigenvalue weighted by Gasteiger charge is 2.28. The van der Waals surface area contributed by atoms with Crippen molar-refractivity contribution in [2.24, 2.45) is 0 Å². The van der Waals surface area contributed by atoms with E-state index >= 15 is 0 Å². The van der Waals surface area contributed by atoms with Crippen molar-refractivity contribution in [3.8, 4) is 28.2 Å². The zero-order chi connectivity index (χ0) is 36.6. The number of hydrogen-bond acceptors (Lipinski definition) is 10.